The Bertz CT molecular complexity index is 5580. The number of benzene rings is 10. The Hall–Kier alpha value is -8.89. The van der Waals surface area contributed by atoms with E-state index in [-0.39, 0.29) is 48.4 Å². The number of rotatable bonds is 7. The molecule has 3 aromatic heterocycles. The van der Waals surface area contributed by atoms with E-state index in [4.69, 9.17) is 17.9 Å². The topological polar surface area (TPSA) is 35.9 Å². The summed E-state index contributed by atoms with van der Waals surface area (Å²) >= 11 is 0. The molecule has 0 N–H and O–H groups in total. The minimum Gasteiger partial charge on any atom is -0.510 e. The summed E-state index contributed by atoms with van der Waals surface area (Å²) in [5.74, 6) is 1.47. The van der Waals surface area contributed by atoms with Crippen LogP contribution in [0, 0.1) is 18.5 Å². The molecule has 1 aliphatic heterocycles. The molecular formula is C82H70N4OPt-2. The van der Waals surface area contributed by atoms with E-state index >= 15 is 0 Å². The van der Waals surface area contributed by atoms with Crippen molar-refractivity contribution in [2.45, 2.75) is 104 Å². The minimum atomic E-state index is -0.744. The number of aromatic nitrogens is 4. The average Bonchev–Trinajstić information content (AvgIpc) is 1.68. The maximum atomic E-state index is 10.4. The second kappa shape index (κ2) is 21.2. The number of ether oxygens (including phenoxy) is 1. The van der Waals surface area contributed by atoms with Crippen LogP contribution >= 0.6 is 0 Å². The Morgan fingerprint density at radius 1 is 0.523 bits per heavy atom. The van der Waals surface area contributed by atoms with Gasteiger partial charge in [-0.05, 0) is 183 Å². The largest absolute Gasteiger partial charge is 0.510 e. The van der Waals surface area contributed by atoms with Crippen molar-refractivity contribution in [2.24, 2.45) is 0 Å². The second-order valence-corrected chi connectivity index (χ2v) is 26.5. The fourth-order valence-corrected chi connectivity index (χ4v) is 13.1. The van der Waals surface area contributed by atoms with Gasteiger partial charge in [0, 0.05) is 44.3 Å². The molecule has 5 nitrogen and oxygen atoms in total. The Morgan fingerprint density at radius 3 is 1.77 bits per heavy atom. The molecule has 0 atom stereocenters. The summed E-state index contributed by atoms with van der Waals surface area (Å²) in [5, 5.41) is 1.98. The van der Waals surface area contributed by atoms with Crippen molar-refractivity contribution in [1.82, 2.24) is 14.1 Å². The molecule has 0 amide bonds. The first-order chi connectivity index (χ1) is 47.3. The molecule has 1 aliphatic carbocycles. The molecule has 2 aliphatic rings. The summed E-state index contributed by atoms with van der Waals surface area (Å²) in [6, 6.07) is 42.8. The standard InChI is InChI=1S/C82H70N4O.Pt/c1-79(2,3)58-37-40-83-76(46-58)86-73-34-20-19-31-64(73)65-36-35-61(48-74(65)86)87-60-28-21-27-59(47-60)84-51-85-77-66(32-22-33-70(77)80(4,5)6)68-50-72-71(81(7,8)38-39-82(72,9)10)49-67(68)62-29-17-18-30-63(62)69-44-57(45-75(84)78(69)85)56-42-54(52-23-13-11-14-24-52)41-55(43-56)53-25-15-12-16-26-53;/h11-37,40-46,49-50H,38-39H2,1-10H3;/q-2;/i11D,12D,13D,14D,15D,16D,23D,24D,25D,26D,41D,42D,43D;. The molecule has 6 heteroatoms. The van der Waals surface area contributed by atoms with E-state index in [2.05, 4.69) is 151 Å². The first-order valence-electron chi connectivity index (χ1n) is 36.2. The van der Waals surface area contributed by atoms with E-state index < -0.39 is 106 Å². The number of pyridine rings is 1. The van der Waals surface area contributed by atoms with Gasteiger partial charge >= 0.3 is 0 Å². The van der Waals surface area contributed by atoms with Gasteiger partial charge in [-0.15, -0.1) is 29.7 Å². The van der Waals surface area contributed by atoms with Gasteiger partial charge < -0.3 is 13.9 Å². The van der Waals surface area contributed by atoms with Crippen LogP contribution in [-0.2, 0) is 42.7 Å². The third-order valence-electron chi connectivity index (χ3n) is 17.8. The fraction of sp³-hybridized carbons (Fsp3) is 0.195. The third kappa shape index (κ3) is 9.65. The van der Waals surface area contributed by atoms with Crippen LogP contribution in [0.5, 0.6) is 11.5 Å². The molecule has 436 valence electrons. The normalized spacial score (nSPS) is 16.1. The van der Waals surface area contributed by atoms with Crippen LogP contribution in [0.4, 0.5) is 0 Å². The van der Waals surface area contributed by atoms with Gasteiger partial charge in [0.15, 0.2) is 0 Å². The van der Waals surface area contributed by atoms with Crippen LogP contribution in [0.3, 0.4) is 0 Å². The van der Waals surface area contributed by atoms with Crippen molar-refractivity contribution in [2.75, 3.05) is 0 Å². The Kier molecular flexibility index (Phi) is 10.5. The maximum absolute atomic E-state index is 10.4. The molecule has 88 heavy (non-hydrogen) atoms. The SMILES string of the molecule is [2H]c1c([2H])c([2H])c(-c2c([2H])c(-c3cc4c5c(c3)n(-c3[c-]c(Oc6[c-]c7c(cc6)c6ccccc6n7-c6cc(C(C)(C)C)ccn6)ccc3)[c-][n+]5-c3c(cccc3C(C)(C)C)-c3cc5c(cc3-c3ccccc3-4)C(C)(C)CCC5(C)C)c([2H])c(-c3c([2H])c([2H])c([2H])c([2H])c3[2H])c2[2H])c([2H])c1[2H].[Pt]. The van der Waals surface area contributed by atoms with Crippen LogP contribution in [0.25, 0.3) is 117 Å². The summed E-state index contributed by atoms with van der Waals surface area (Å²) in [5.41, 5.74) is 10.8. The van der Waals surface area contributed by atoms with E-state index in [0.717, 1.165) is 85.1 Å². The Balaban J connectivity index is 0.00000866. The summed E-state index contributed by atoms with van der Waals surface area (Å²) in [4.78, 5) is 4.90. The van der Waals surface area contributed by atoms with Gasteiger partial charge in [0.25, 0.3) is 6.33 Å². The van der Waals surface area contributed by atoms with Gasteiger partial charge in [0.1, 0.15) is 5.82 Å². The van der Waals surface area contributed by atoms with Crippen LogP contribution < -0.4 is 9.30 Å². The number of imidazole rings is 1. The molecule has 0 bridgehead atoms. The molecular weight excluding hydrogens is 1250 g/mol. The summed E-state index contributed by atoms with van der Waals surface area (Å²) in [7, 11) is 0. The van der Waals surface area contributed by atoms with Gasteiger partial charge in [0.2, 0.25) is 0 Å². The first-order valence-corrected chi connectivity index (χ1v) is 29.7. The summed E-state index contributed by atoms with van der Waals surface area (Å²) < 4.78 is 134. The number of nitrogens with zero attached hydrogens (tertiary/aromatic N) is 4. The van der Waals surface area contributed by atoms with E-state index in [9.17, 15) is 9.60 Å². The number of hydrogen-bond acceptors (Lipinski definition) is 2. The Morgan fingerprint density at radius 2 is 1.11 bits per heavy atom. The first kappa shape index (κ1) is 43.7. The van der Waals surface area contributed by atoms with E-state index in [1.54, 1.807) is 6.07 Å². The van der Waals surface area contributed by atoms with Crippen LogP contribution in [0.15, 0.2) is 218 Å². The van der Waals surface area contributed by atoms with E-state index in [1.165, 1.54) is 11.1 Å². The van der Waals surface area contributed by atoms with Gasteiger partial charge in [-0.25, -0.2) is 4.98 Å². The van der Waals surface area contributed by atoms with Crippen LogP contribution in [0.2, 0.25) is 0 Å². The van der Waals surface area contributed by atoms with Crippen LogP contribution in [0.1, 0.15) is 122 Å². The summed E-state index contributed by atoms with van der Waals surface area (Å²) in [6.07, 6.45) is 7.66. The predicted molar refractivity (Wildman–Crippen MR) is 359 cm³/mol. The van der Waals surface area contributed by atoms with Crippen molar-refractivity contribution in [3.63, 3.8) is 0 Å². The van der Waals surface area contributed by atoms with E-state index in [1.807, 2.05) is 83.6 Å². The number of para-hydroxylation sites is 2. The van der Waals surface area contributed by atoms with Gasteiger partial charge in [-0.3, -0.25) is 4.57 Å². The smallest absolute Gasteiger partial charge is 0.268 e. The molecule has 0 saturated heterocycles. The molecule has 0 fully saturated rings. The zero-order valence-corrected chi connectivity index (χ0v) is 53.0. The molecule has 0 spiro atoms. The zero-order chi connectivity index (χ0) is 71.0. The molecule has 0 saturated carbocycles. The zero-order valence-electron chi connectivity index (χ0n) is 63.7. The van der Waals surface area contributed by atoms with Gasteiger partial charge in [-0.1, -0.05) is 208 Å². The van der Waals surface area contributed by atoms with Gasteiger partial charge in [0.05, 0.1) is 34.5 Å². The van der Waals surface area contributed by atoms with Crippen molar-refractivity contribution in [3.05, 3.63) is 259 Å². The number of hydrogen-bond donors (Lipinski definition) is 0. The van der Waals surface area contributed by atoms with Crippen molar-refractivity contribution in [3.8, 4) is 95.5 Å². The molecule has 0 radical (unpaired) electrons. The fourth-order valence-electron chi connectivity index (χ4n) is 13.1. The molecule has 4 heterocycles. The van der Waals surface area contributed by atoms with Crippen molar-refractivity contribution >= 4 is 32.8 Å². The van der Waals surface area contributed by atoms with Crippen molar-refractivity contribution in [1.29, 1.82) is 0 Å². The molecule has 0 unspecified atom stereocenters. The predicted octanol–water partition coefficient (Wildman–Crippen LogP) is 20.8. The third-order valence-corrected chi connectivity index (χ3v) is 17.8. The molecule has 13 aromatic rings. The second-order valence-electron chi connectivity index (χ2n) is 26.5. The molecule has 15 rings (SSSR count). The average molecular weight is 1340 g/mol. The van der Waals surface area contributed by atoms with Crippen molar-refractivity contribution < 1.29 is 48.2 Å². The summed E-state index contributed by atoms with van der Waals surface area (Å²) in [6.45, 7) is 22.3. The van der Waals surface area contributed by atoms with E-state index in [0.29, 0.717) is 33.8 Å². The van der Waals surface area contributed by atoms with Crippen LogP contribution in [-0.4, -0.2) is 14.1 Å². The quantitative estimate of drug-likeness (QED) is 0.118. The monoisotopic (exact) mass is 1330 g/mol. The maximum Gasteiger partial charge on any atom is 0.268 e. The molecule has 10 aromatic carbocycles. The van der Waals surface area contributed by atoms with Gasteiger partial charge in [-0.2, -0.15) is 18.2 Å². The Labute approximate surface area is 550 Å². The number of fused-ring (bicyclic) bond motifs is 11. The minimum absolute atomic E-state index is 0.